The standard InChI is InChI=1S/C25H27N3O5.C24H25N3O4.C19H18N2O7/c1-2-32-24(30)25(13-22(25)23(29)27-31)12-18-8-10-21(11-9-18)33-16-20-14-26-17-28(20)15-19-6-4-3-5-7-19;1-15-11-17(19-5-3-4-6-21(19)26-15)14-31-18-9-7-16(8-10-18)12-24(23(29)25-2)13-20(24)22(28)27-30;1-27-18(23)19(10-16(19)17(22)20-24)13-5-3-7-15(9-13)28-11-12-4-2-6-14(8-12)21(25)26/h3-11,14,17,22,31H,2,12-13,15-16H2,1H3,(H,27,29);3-11,20,30H,12-14H2,1-2H3,(H,25,29)(H,27,28);2-9,16,24H,10-11H2,1H3,(H,20,22)/t22-,25+;20-,24+;16-,19-/m110/s1. The van der Waals surface area contributed by atoms with E-state index in [4.69, 9.17) is 39.3 Å². The zero-order chi connectivity index (χ0) is 65.6. The Hall–Kier alpha value is -10.6. The number of hydrogen-bond donors (Lipinski definition) is 7. The van der Waals surface area contributed by atoms with Crippen molar-refractivity contribution in [3.63, 3.8) is 0 Å². The summed E-state index contributed by atoms with van der Waals surface area (Å²) >= 11 is 0. The van der Waals surface area contributed by atoms with E-state index in [1.807, 2.05) is 109 Å². The van der Waals surface area contributed by atoms with Crippen LogP contribution in [-0.2, 0) is 82.9 Å². The number of nitro benzene ring substituents is 1. The van der Waals surface area contributed by atoms with Crippen molar-refractivity contribution in [2.75, 3.05) is 20.8 Å². The van der Waals surface area contributed by atoms with Crippen molar-refractivity contribution >= 4 is 52.2 Å². The van der Waals surface area contributed by atoms with Crippen molar-refractivity contribution in [1.82, 2.24) is 36.3 Å². The lowest BCUT2D eigenvalue weighted by Gasteiger charge is -2.16. The average molecular weight is 1260 g/mol. The second-order valence-corrected chi connectivity index (χ2v) is 22.7. The van der Waals surface area contributed by atoms with E-state index in [9.17, 15) is 38.9 Å². The molecule has 3 aliphatic carbocycles. The van der Waals surface area contributed by atoms with Gasteiger partial charge in [0.05, 0.1) is 71.0 Å². The van der Waals surface area contributed by atoms with Gasteiger partial charge in [0.15, 0.2) is 0 Å². The highest BCUT2D eigenvalue weighted by molar-refractivity contribution is 5.98. The fraction of sp³-hybridized carbons (Fsp3) is 0.294. The molecule has 0 bridgehead atoms. The number of aryl methyl sites for hydroxylation is 1. The van der Waals surface area contributed by atoms with E-state index in [-0.39, 0.29) is 31.2 Å². The van der Waals surface area contributed by atoms with Crippen LogP contribution >= 0.6 is 0 Å². The number of amides is 4. The minimum absolute atomic E-state index is 0.0321. The highest BCUT2D eigenvalue weighted by Crippen LogP contribution is 2.57. The molecule has 6 aromatic carbocycles. The van der Waals surface area contributed by atoms with E-state index in [2.05, 4.69) is 27.4 Å². The van der Waals surface area contributed by atoms with Crippen LogP contribution in [0, 0.1) is 45.6 Å². The maximum atomic E-state index is 12.5. The zero-order valence-corrected chi connectivity index (χ0v) is 50.9. The molecule has 3 saturated carbocycles. The Balaban J connectivity index is 0.000000164. The van der Waals surface area contributed by atoms with Crippen LogP contribution in [0.4, 0.5) is 5.69 Å². The van der Waals surface area contributed by atoms with Gasteiger partial charge in [0.25, 0.3) is 5.69 Å². The Morgan fingerprint density at radius 3 is 1.86 bits per heavy atom. The number of imidazole rings is 1. The van der Waals surface area contributed by atoms with Gasteiger partial charge in [-0.1, -0.05) is 97.1 Å². The molecule has 7 N–H and O–H groups in total. The lowest BCUT2D eigenvalue weighted by Crippen LogP contribution is -2.35. The highest BCUT2D eigenvalue weighted by atomic mass is 16.6. The van der Waals surface area contributed by atoms with Crippen LogP contribution in [0.3, 0.4) is 0 Å². The number of carbonyl (C=O) groups is 6. The van der Waals surface area contributed by atoms with Crippen molar-refractivity contribution in [3.8, 4) is 17.2 Å². The van der Waals surface area contributed by atoms with Crippen LogP contribution in [0.25, 0.3) is 10.9 Å². The monoisotopic (exact) mass is 1250 g/mol. The molecule has 0 radical (unpaired) electrons. The zero-order valence-electron chi connectivity index (χ0n) is 50.9. The van der Waals surface area contributed by atoms with Gasteiger partial charge in [0, 0.05) is 42.4 Å². The number of nitrogens with one attached hydrogen (secondary N) is 4. The molecule has 24 nitrogen and oxygen atoms in total. The fourth-order valence-corrected chi connectivity index (χ4v) is 11.6. The number of para-hydroxylation sites is 1. The molecule has 3 aliphatic rings. The summed E-state index contributed by atoms with van der Waals surface area (Å²) < 4.78 is 29.7. The molecule has 2 aromatic heterocycles. The van der Waals surface area contributed by atoms with E-state index in [0.717, 1.165) is 51.3 Å². The van der Waals surface area contributed by atoms with Crippen LogP contribution < -0.4 is 36.0 Å². The Morgan fingerprint density at radius 1 is 0.630 bits per heavy atom. The van der Waals surface area contributed by atoms with E-state index in [1.165, 1.54) is 24.8 Å². The van der Waals surface area contributed by atoms with E-state index in [1.54, 1.807) is 79.3 Å². The second-order valence-electron chi connectivity index (χ2n) is 22.7. The number of carbonyl (C=O) groups excluding carboxylic acids is 6. The number of hydroxylamine groups is 3. The first-order valence-corrected chi connectivity index (χ1v) is 29.5. The largest absolute Gasteiger partial charge is 0.489 e. The van der Waals surface area contributed by atoms with E-state index < -0.39 is 68.6 Å². The van der Waals surface area contributed by atoms with Gasteiger partial charge in [-0.2, -0.15) is 0 Å². The van der Waals surface area contributed by atoms with Gasteiger partial charge in [-0.05, 0) is 122 Å². The summed E-state index contributed by atoms with van der Waals surface area (Å²) in [7, 11) is 2.79. The number of nitro groups is 1. The molecule has 0 spiro atoms. The predicted octanol–water partition coefficient (Wildman–Crippen LogP) is 8.16. The van der Waals surface area contributed by atoms with Crippen LogP contribution in [-0.4, -0.2) is 91.4 Å². The van der Waals surface area contributed by atoms with Crippen molar-refractivity contribution in [2.24, 2.45) is 28.6 Å². The summed E-state index contributed by atoms with van der Waals surface area (Å²) in [4.78, 5) is 91.9. The fourth-order valence-electron chi connectivity index (χ4n) is 11.6. The quantitative estimate of drug-likeness (QED) is 0.0130. The summed E-state index contributed by atoms with van der Waals surface area (Å²) in [5, 5.41) is 41.3. The van der Waals surface area contributed by atoms with Crippen molar-refractivity contribution in [1.29, 1.82) is 0 Å². The normalized spacial score (nSPS) is 19.6. The summed E-state index contributed by atoms with van der Waals surface area (Å²) in [5.41, 5.74) is 9.98. The molecule has 11 rings (SSSR count). The summed E-state index contributed by atoms with van der Waals surface area (Å²) in [5.74, 6) is -2.94. The summed E-state index contributed by atoms with van der Waals surface area (Å²) in [6.45, 7) is 5.54. The Labute approximate surface area is 528 Å². The number of methoxy groups -OCH3 is 1. The van der Waals surface area contributed by atoms with Crippen molar-refractivity contribution in [3.05, 3.63) is 225 Å². The molecular weight excluding hydrogens is 1180 g/mol. The number of aromatic nitrogens is 3. The first-order chi connectivity index (χ1) is 44.4. The Kier molecular flexibility index (Phi) is 21.0. The molecule has 92 heavy (non-hydrogen) atoms. The van der Waals surface area contributed by atoms with Crippen molar-refractivity contribution in [2.45, 2.75) is 77.7 Å². The highest BCUT2D eigenvalue weighted by Gasteiger charge is 2.66. The average Bonchev–Trinajstić information content (AvgIpc) is 1.61. The second kappa shape index (κ2) is 29.4. The smallest absolute Gasteiger partial charge is 0.317 e. The third kappa shape index (κ3) is 15.2. The first kappa shape index (κ1) is 65.9. The number of esters is 2. The minimum Gasteiger partial charge on any atom is -0.489 e. The topological polar surface area (TPSA) is 331 Å². The number of pyridine rings is 1. The molecular formula is C68H70N8O16. The van der Waals surface area contributed by atoms with Crippen LogP contribution in [0.1, 0.15) is 71.0 Å². The Morgan fingerprint density at radius 2 is 1.22 bits per heavy atom. The van der Waals surface area contributed by atoms with Gasteiger partial charge in [0.2, 0.25) is 23.6 Å². The third-order valence-corrected chi connectivity index (χ3v) is 16.8. The molecule has 2 heterocycles. The van der Waals surface area contributed by atoms with Gasteiger partial charge in [-0.25, -0.2) is 21.4 Å². The SMILES string of the molecule is CCOC(=O)[C@@]1(Cc2ccc(OCc3cncn3Cc3ccccc3)cc2)C[C@@H]1C(=O)NO.CNC(=O)[C@@]1(Cc2ccc(OCc3cc(C)nc4ccccc34)cc2)C[C@@H]1C(=O)NO.COC(=O)[C@]1(c2cccc(OCc3cccc([N+](=O)[O-])c3)c2)C[C@H]1C(=O)NO. The maximum Gasteiger partial charge on any atom is 0.317 e. The summed E-state index contributed by atoms with van der Waals surface area (Å²) in [6.07, 6.45) is 5.32. The lowest BCUT2D eigenvalue weighted by molar-refractivity contribution is -0.384. The number of ether oxygens (including phenoxy) is 5. The molecule has 6 atom stereocenters. The minimum atomic E-state index is -1.17. The molecule has 3 fully saturated rings. The molecule has 4 amide bonds. The molecule has 0 aliphatic heterocycles. The third-order valence-electron chi connectivity index (χ3n) is 16.8. The number of hydrogen-bond acceptors (Lipinski definition) is 18. The number of rotatable bonds is 24. The Bertz CT molecular complexity index is 3960. The number of benzene rings is 6. The molecule has 0 saturated heterocycles. The maximum absolute atomic E-state index is 12.5. The number of fused-ring (bicyclic) bond motifs is 1. The van der Waals surface area contributed by atoms with Gasteiger partial charge >= 0.3 is 11.9 Å². The molecule has 478 valence electrons. The van der Waals surface area contributed by atoms with Crippen LogP contribution in [0.15, 0.2) is 170 Å². The number of non-ortho nitro benzene ring substituents is 1. The van der Waals surface area contributed by atoms with Crippen LogP contribution in [0.2, 0.25) is 0 Å². The van der Waals surface area contributed by atoms with Gasteiger partial charge < -0.3 is 33.6 Å². The predicted molar refractivity (Wildman–Crippen MR) is 330 cm³/mol. The van der Waals surface area contributed by atoms with E-state index >= 15 is 0 Å². The van der Waals surface area contributed by atoms with E-state index in [0.29, 0.717) is 61.5 Å². The molecule has 8 aromatic rings. The molecule has 24 heteroatoms. The van der Waals surface area contributed by atoms with Crippen molar-refractivity contribution < 1.29 is 73.0 Å². The number of nitrogens with zero attached hydrogens (tertiary/aromatic N) is 4. The van der Waals surface area contributed by atoms with Gasteiger partial charge in [-0.3, -0.25) is 59.5 Å². The van der Waals surface area contributed by atoms with Gasteiger partial charge in [0.1, 0.15) is 42.5 Å². The molecule has 0 unspecified atom stereocenters. The lowest BCUT2D eigenvalue weighted by atomic mass is 9.92. The first-order valence-electron chi connectivity index (χ1n) is 29.5. The summed E-state index contributed by atoms with van der Waals surface area (Å²) in [6, 6.07) is 47.9. The van der Waals surface area contributed by atoms with Gasteiger partial charge in [-0.15, -0.1) is 0 Å². The van der Waals surface area contributed by atoms with Crippen LogP contribution in [0.5, 0.6) is 17.2 Å².